The Morgan fingerprint density at radius 1 is 1.04 bits per heavy atom. The van der Waals surface area contributed by atoms with E-state index in [1.165, 1.54) is 13.2 Å². The minimum absolute atomic E-state index is 0.199. The number of nitrogens with two attached hydrogens (primary N) is 1. The Hall–Kier alpha value is -2.53. The van der Waals surface area contributed by atoms with Crippen LogP contribution in [-0.2, 0) is 20.5 Å². The maximum absolute atomic E-state index is 12.5. The highest BCUT2D eigenvalue weighted by molar-refractivity contribution is 7.92. The fourth-order valence-corrected chi connectivity index (χ4v) is 3.28. The van der Waals surface area contributed by atoms with Crippen molar-refractivity contribution >= 4 is 31.9 Å². The van der Waals surface area contributed by atoms with E-state index in [4.69, 9.17) is 10.5 Å². The van der Waals surface area contributed by atoms with E-state index in [0.717, 1.165) is 18.2 Å². The molecule has 0 aliphatic heterocycles. The monoisotopic (exact) mass is 376 g/mol. The lowest BCUT2D eigenvalue weighted by atomic mass is 10.3. The number of nitrogen functional groups attached to an aromatic ring is 1. The number of rotatable bonds is 6. The van der Waals surface area contributed by atoms with Crippen LogP contribution < -0.4 is 19.4 Å². The lowest BCUT2D eigenvalue weighted by Gasteiger charge is -2.12. The number of hydrogen-bond acceptors (Lipinski definition) is 7. The maximum atomic E-state index is 12.5. The van der Waals surface area contributed by atoms with Gasteiger partial charge in [-0.25, -0.2) is 8.42 Å². The van der Waals surface area contributed by atoms with Gasteiger partial charge in [-0.05, 0) is 30.3 Å². The zero-order chi connectivity index (χ0) is 18.0. The van der Waals surface area contributed by atoms with E-state index in [1.807, 2.05) is 0 Å². The second-order valence-electron chi connectivity index (χ2n) is 4.48. The van der Waals surface area contributed by atoms with Crippen molar-refractivity contribution in [3.63, 3.8) is 0 Å². The molecule has 0 spiro atoms. The summed E-state index contributed by atoms with van der Waals surface area (Å²) in [5.41, 5.74) is 5.34. The minimum Gasteiger partial charge on any atom is -0.495 e. The van der Waals surface area contributed by atoms with E-state index < -0.39 is 26.3 Å². The number of nitrogens with one attached hydrogen (secondary N) is 1. The topological polar surface area (TPSA) is 125 Å². The quantitative estimate of drug-likeness (QED) is 0.580. The molecule has 0 bridgehead atoms. The summed E-state index contributed by atoms with van der Waals surface area (Å²) >= 11 is 0. The van der Waals surface area contributed by atoms with E-state index >= 15 is 0 Å². The van der Waals surface area contributed by atoms with Crippen LogP contribution in [0, 0.1) is 0 Å². The third-order valence-corrected chi connectivity index (χ3v) is 4.57. The number of ether oxygens (including phenoxy) is 1. The highest BCUT2D eigenvalue weighted by atomic mass is 32.3. The molecule has 0 saturated carbocycles. The van der Waals surface area contributed by atoms with Crippen molar-refractivity contribution in [3.05, 3.63) is 42.5 Å². The summed E-state index contributed by atoms with van der Waals surface area (Å²) in [6.45, 7) is 0. The molecule has 0 aliphatic rings. The SMILES string of the molecule is COc1ccccc1NS(=O)(=O)c1ccc(OS(=O)(=O)F)c(N)c1. The molecule has 11 heteroatoms. The van der Waals surface area contributed by atoms with Crippen LogP contribution in [0.15, 0.2) is 47.4 Å². The molecule has 0 atom stereocenters. The number of benzene rings is 2. The summed E-state index contributed by atoms with van der Waals surface area (Å²) in [5, 5.41) is 0. The Balaban J connectivity index is 2.35. The molecule has 3 N–H and O–H groups in total. The van der Waals surface area contributed by atoms with Crippen molar-refractivity contribution in [1.29, 1.82) is 0 Å². The van der Waals surface area contributed by atoms with Crippen LogP contribution in [0.4, 0.5) is 15.3 Å². The Kier molecular flexibility index (Phi) is 4.85. The molecule has 0 radical (unpaired) electrons. The summed E-state index contributed by atoms with van der Waals surface area (Å²) in [7, 11) is -7.92. The average Bonchev–Trinajstić information content (AvgIpc) is 2.48. The van der Waals surface area contributed by atoms with Crippen molar-refractivity contribution in [2.45, 2.75) is 4.90 Å². The van der Waals surface area contributed by atoms with E-state index in [1.54, 1.807) is 18.2 Å². The van der Waals surface area contributed by atoms with Gasteiger partial charge in [0.15, 0.2) is 5.75 Å². The standard InChI is InChI=1S/C13H13FN2O6S2/c1-21-13-5-3-2-4-11(13)16-23(17,18)9-6-7-12(10(15)8-9)22-24(14,19)20/h2-8,16H,15H2,1H3. The van der Waals surface area contributed by atoms with Crippen molar-refractivity contribution in [2.75, 3.05) is 17.6 Å². The maximum Gasteiger partial charge on any atom is 0.488 e. The van der Waals surface area contributed by atoms with Crippen LogP contribution in [0.25, 0.3) is 0 Å². The molecule has 0 heterocycles. The molecule has 24 heavy (non-hydrogen) atoms. The number of hydrogen-bond donors (Lipinski definition) is 2. The zero-order valence-electron chi connectivity index (χ0n) is 12.3. The van der Waals surface area contributed by atoms with Crippen LogP contribution in [0.2, 0.25) is 0 Å². The van der Waals surface area contributed by atoms with Crippen LogP contribution in [-0.4, -0.2) is 23.9 Å². The van der Waals surface area contributed by atoms with E-state index in [0.29, 0.717) is 5.75 Å². The fourth-order valence-electron chi connectivity index (χ4n) is 1.81. The molecule has 0 aromatic heterocycles. The number of halogens is 1. The Labute approximate surface area is 138 Å². The number of para-hydroxylation sites is 2. The molecular weight excluding hydrogens is 363 g/mol. The molecule has 0 fully saturated rings. The Bertz CT molecular complexity index is 960. The molecule has 2 aromatic rings. The molecule has 2 aromatic carbocycles. The summed E-state index contributed by atoms with van der Waals surface area (Å²) in [6, 6.07) is 9.23. The van der Waals surface area contributed by atoms with Gasteiger partial charge in [-0.3, -0.25) is 4.72 Å². The third-order valence-electron chi connectivity index (χ3n) is 2.83. The van der Waals surface area contributed by atoms with Crippen LogP contribution in [0.3, 0.4) is 0 Å². The van der Waals surface area contributed by atoms with Crippen molar-refractivity contribution < 1.29 is 29.6 Å². The third kappa shape index (κ3) is 4.26. The second-order valence-corrected chi connectivity index (χ2v) is 7.12. The number of anilines is 2. The van der Waals surface area contributed by atoms with Gasteiger partial charge in [-0.2, -0.15) is 8.42 Å². The smallest absolute Gasteiger partial charge is 0.488 e. The summed E-state index contributed by atoms with van der Waals surface area (Å²) in [5.74, 6) is -0.216. The first-order valence-electron chi connectivity index (χ1n) is 6.32. The first-order chi connectivity index (χ1) is 11.1. The van der Waals surface area contributed by atoms with Gasteiger partial charge in [0, 0.05) is 0 Å². The van der Waals surface area contributed by atoms with Gasteiger partial charge in [-0.15, -0.1) is 0 Å². The van der Waals surface area contributed by atoms with E-state index in [-0.39, 0.29) is 16.3 Å². The molecule has 0 unspecified atom stereocenters. The molecule has 0 aliphatic carbocycles. The average molecular weight is 376 g/mol. The van der Waals surface area contributed by atoms with Gasteiger partial charge >= 0.3 is 10.5 Å². The largest absolute Gasteiger partial charge is 0.495 e. The van der Waals surface area contributed by atoms with Crippen LogP contribution in [0.5, 0.6) is 11.5 Å². The minimum atomic E-state index is -5.27. The highest BCUT2D eigenvalue weighted by Gasteiger charge is 2.19. The Morgan fingerprint density at radius 2 is 1.71 bits per heavy atom. The van der Waals surface area contributed by atoms with Crippen molar-refractivity contribution in [3.8, 4) is 11.5 Å². The van der Waals surface area contributed by atoms with Gasteiger partial charge in [0.2, 0.25) is 0 Å². The normalized spacial score (nSPS) is 11.8. The second kappa shape index (κ2) is 6.53. The molecule has 0 amide bonds. The Morgan fingerprint density at radius 3 is 2.29 bits per heavy atom. The zero-order valence-corrected chi connectivity index (χ0v) is 13.9. The summed E-state index contributed by atoms with van der Waals surface area (Å²) in [4.78, 5) is -0.269. The molecule has 0 saturated heterocycles. The van der Waals surface area contributed by atoms with E-state index in [9.17, 15) is 20.7 Å². The molecule has 8 nitrogen and oxygen atoms in total. The van der Waals surface area contributed by atoms with Crippen LogP contribution >= 0.6 is 0 Å². The number of methoxy groups -OCH3 is 1. The van der Waals surface area contributed by atoms with Crippen LogP contribution in [0.1, 0.15) is 0 Å². The van der Waals surface area contributed by atoms with Gasteiger partial charge in [0.1, 0.15) is 5.75 Å². The lowest BCUT2D eigenvalue weighted by molar-refractivity contribution is 0.417. The highest BCUT2D eigenvalue weighted by Crippen LogP contribution is 2.29. The van der Waals surface area contributed by atoms with Gasteiger partial charge in [0.05, 0.1) is 23.4 Å². The van der Waals surface area contributed by atoms with Crippen molar-refractivity contribution in [1.82, 2.24) is 0 Å². The first-order valence-corrected chi connectivity index (χ1v) is 9.11. The molecule has 130 valence electrons. The van der Waals surface area contributed by atoms with Gasteiger partial charge in [0.25, 0.3) is 10.0 Å². The fraction of sp³-hybridized carbons (Fsp3) is 0.0769. The molecule has 2 rings (SSSR count). The molecular formula is C13H13FN2O6S2. The summed E-state index contributed by atoms with van der Waals surface area (Å²) in [6.07, 6.45) is 0. The first kappa shape index (κ1) is 17.8. The predicted molar refractivity (Wildman–Crippen MR) is 85.3 cm³/mol. The van der Waals surface area contributed by atoms with Gasteiger partial charge in [-0.1, -0.05) is 16.0 Å². The van der Waals surface area contributed by atoms with E-state index in [2.05, 4.69) is 8.91 Å². The predicted octanol–water partition coefficient (Wildman–Crippen LogP) is 1.67. The van der Waals surface area contributed by atoms with Gasteiger partial charge < -0.3 is 14.7 Å². The summed E-state index contributed by atoms with van der Waals surface area (Å²) < 4.78 is 69.5. The number of sulfonamides is 1. The van der Waals surface area contributed by atoms with Crippen molar-refractivity contribution in [2.24, 2.45) is 0 Å². The lowest BCUT2D eigenvalue weighted by Crippen LogP contribution is -2.14.